The average molecular weight is 198 g/mol. The van der Waals surface area contributed by atoms with Gasteiger partial charge in [0.2, 0.25) is 0 Å². The molecule has 1 rings (SSSR count). The smallest absolute Gasteiger partial charge is 0.404 e. The van der Waals surface area contributed by atoms with Crippen molar-refractivity contribution in [3.05, 3.63) is 24.1 Å². The van der Waals surface area contributed by atoms with Crippen LogP contribution in [0.3, 0.4) is 0 Å². The first kappa shape index (κ1) is 10.4. The molecule has 0 unspecified atom stereocenters. The number of hydrogen-bond donors (Lipinski definition) is 2. The van der Waals surface area contributed by atoms with Gasteiger partial charge in [0, 0.05) is 12.2 Å². The van der Waals surface area contributed by atoms with Gasteiger partial charge in [0.25, 0.3) is 0 Å². The third-order valence-electron chi connectivity index (χ3n) is 1.64. The van der Waals surface area contributed by atoms with E-state index in [1.54, 1.807) is 6.26 Å². The number of allylic oxidation sites excluding steroid dienone is 1. The Kier molecular flexibility index (Phi) is 4.40. The molecule has 1 amide bonds. The molecule has 0 fully saturated rings. The van der Waals surface area contributed by atoms with Crippen molar-refractivity contribution in [3.8, 4) is 0 Å². The van der Waals surface area contributed by atoms with Crippen LogP contribution in [0.4, 0.5) is 4.79 Å². The fourth-order valence-electron chi connectivity index (χ4n) is 0.992. The summed E-state index contributed by atoms with van der Waals surface area (Å²) < 4.78 is 9.54. The molecule has 1 aliphatic heterocycles. The van der Waals surface area contributed by atoms with Crippen molar-refractivity contribution < 1.29 is 14.3 Å². The molecular formula is C9H14N2O3. The number of nitrogens with two attached hydrogens (primary N) is 1. The largest absolute Gasteiger partial charge is 0.497 e. The molecule has 14 heavy (non-hydrogen) atoms. The van der Waals surface area contributed by atoms with E-state index in [0.717, 1.165) is 18.7 Å². The van der Waals surface area contributed by atoms with Gasteiger partial charge in [-0.15, -0.1) is 0 Å². The molecule has 0 radical (unpaired) electrons. The number of nitrogens with one attached hydrogen (secondary N) is 1. The van der Waals surface area contributed by atoms with E-state index in [9.17, 15) is 4.79 Å². The lowest BCUT2D eigenvalue weighted by Crippen LogP contribution is -2.19. The molecule has 0 saturated carbocycles. The summed E-state index contributed by atoms with van der Waals surface area (Å²) in [6, 6.07) is 0. The highest BCUT2D eigenvalue weighted by molar-refractivity contribution is 5.64. The Balaban J connectivity index is 2.01. The van der Waals surface area contributed by atoms with Crippen molar-refractivity contribution in [2.45, 2.75) is 6.42 Å². The second-order valence-corrected chi connectivity index (χ2v) is 2.74. The second kappa shape index (κ2) is 5.90. The van der Waals surface area contributed by atoms with E-state index < -0.39 is 6.09 Å². The highest BCUT2D eigenvalue weighted by atomic mass is 16.5. The number of carbonyl (C=O) groups is 1. The zero-order chi connectivity index (χ0) is 10.2. The molecule has 0 spiro atoms. The molecule has 0 saturated heterocycles. The van der Waals surface area contributed by atoms with Crippen LogP contribution in [0.5, 0.6) is 0 Å². The Morgan fingerprint density at radius 1 is 1.71 bits per heavy atom. The SMILES string of the molecule is NC(=O)OCCCNC1=CCOC=C1. The standard InChI is InChI=1S/C9H14N2O3/c10-9(12)14-5-1-4-11-8-2-6-13-7-3-8/h2-3,6,11H,1,4-5,7H2,(H2,10,12). The van der Waals surface area contributed by atoms with Gasteiger partial charge in [-0.2, -0.15) is 0 Å². The number of rotatable bonds is 5. The lowest BCUT2D eigenvalue weighted by molar-refractivity contribution is 0.155. The Hall–Kier alpha value is -1.65. The van der Waals surface area contributed by atoms with Crippen molar-refractivity contribution in [2.24, 2.45) is 5.73 Å². The van der Waals surface area contributed by atoms with Crippen LogP contribution in [0.2, 0.25) is 0 Å². The molecule has 1 heterocycles. The monoisotopic (exact) mass is 198 g/mol. The van der Waals surface area contributed by atoms with Crippen LogP contribution in [-0.2, 0) is 9.47 Å². The van der Waals surface area contributed by atoms with E-state index >= 15 is 0 Å². The highest BCUT2D eigenvalue weighted by Gasteiger charge is 1.97. The summed E-state index contributed by atoms with van der Waals surface area (Å²) in [4.78, 5) is 10.2. The molecule has 5 heteroatoms. The summed E-state index contributed by atoms with van der Waals surface area (Å²) in [6.07, 6.45) is 5.43. The van der Waals surface area contributed by atoms with Crippen molar-refractivity contribution >= 4 is 6.09 Å². The van der Waals surface area contributed by atoms with Gasteiger partial charge in [0.05, 0.1) is 12.9 Å². The summed E-state index contributed by atoms with van der Waals surface area (Å²) in [5.41, 5.74) is 5.82. The van der Waals surface area contributed by atoms with E-state index in [-0.39, 0.29) is 0 Å². The van der Waals surface area contributed by atoms with E-state index in [1.165, 1.54) is 0 Å². The van der Waals surface area contributed by atoms with Gasteiger partial charge in [-0.3, -0.25) is 0 Å². The van der Waals surface area contributed by atoms with Crippen LogP contribution in [0.1, 0.15) is 6.42 Å². The summed E-state index contributed by atoms with van der Waals surface area (Å²) >= 11 is 0. The van der Waals surface area contributed by atoms with Gasteiger partial charge >= 0.3 is 6.09 Å². The van der Waals surface area contributed by atoms with Gasteiger partial charge < -0.3 is 20.5 Å². The van der Waals surface area contributed by atoms with Gasteiger partial charge in [0.15, 0.2) is 0 Å². The van der Waals surface area contributed by atoms with E-state index in [2.05, 4.69) is 10.1 Å². The topological polar surface area (TPSA) is 73.6 Å². The molecule has 5 nitrogen and oxygen atoms in total. The lowest BCUT2D eigenvalue weighted by atomic mass is 10.3. The summed E-state index contributed by atoms with van der Waals surface area (Å²) in [6.45, 7) is 1.68. The van der Waals surface area contributed by atoms with Gasteiger partial charge in [0.1, 0.15) is 6.61 Å². The minimum Gasteiger partial charge on any atom is -0.497 e. The molecule has 0 aromatic heterocycles. The van der Waals surface area contributed by atoms with Crippen molar-refractivity contribution in [3.63, 3.8) is 0 Å². The maximum Gasteiger partial charge on any atom is 0.404 e. The van der Waals surface area contributed by atoms with Crippen LogP contribution >= 0.6 is 0 Å². The fourth-order valence-corrected chi connectivity index (χ4v) is 0.992. The third-order valence-corrected chi connectivity index (χ3v) is 1.64. The van der Waals surface area contributed by atoms with Crippen LogP contribution < -0.4 is 11.1 Å². The molecule has 0 atom stereocenters. The third kappa shape index (κ3) is 4.39. The van der Waals surface area contributed by atoms with Crippen molar-refractivity contribution in [1.82, 2.24) is 5.32 Å². The van der Waals surface area contributed by atoms with E-state index in [0.29, 0.717) is 13.2 Å². The normalized spacial score (nSPS) is 14.1. The number of hydrogen-bond acceptors (Lipinski definition) is 4. The predicted molar refractivity (Wildman–Crippen MR) is 51.3 cm³/mol. The van der Waals surface area contributed by atoms with Crippen LogP contribution in [0.15, 0.2) is 24.1 Å². The molecule has 1 aliphatic rings. The quantitative estimate of drug-likeness (QED) is 0.630. The van der Waals surface area contributed by atoms with Crippen molar-refractivity contribution in [1.29, 1.82) is 0 Å². The van der Waals surface area contributed by atoms with E-state index in [4.69, 9.17) is 10.5 Å². The molecule has 0 aliphatic carbocycles. The van der Waals surface area contributed by atoms with E-state index in [1.807, 2.05) is 12.2 Å². The summed E-state index contributed by atoms with van der Waals surface area (Å²) in [7, 11) is 0. The first-order chi connectivity index (χ1) is 6.79. The van der Waals surface area contributed by atoms with Gasteiger partial charge in [-0.25, -0.2) is 4.79 Å². The second-order valence-electron chi connectivity index (χ2n) is 2.74. The highest BCUT2D eigenvalue weighted by Crippen LogP contribution is 1.99. The number of primary amides is 1. The Morgan fingerprint density at radius 2 is 2.57 bits per heavy atom. The minimum absolute atomic E-state index is 0.343. The number of carbonyl (C=O) groups excluding carboxylic acids is 1. The lowest BCUT2D eigenvalue weighted by Gasteiger charge is -2.10. The Bertz CT molecular complexity index is 248. The molecule has 0 aromatic carbocycles. The summed E-state index contributed by atoms with van der Waals surface area (Å²) in [5.74, 6) is 0. The maximum atomic E-state index is 10.2. The van der Waals surface area contributed by atoms with Crippen LogP contribution in [0.25, 0.3) is 0 Å². The molecule has 0 bridgehead atoms. The molecular weight excluding hydrogens is 184 g/mol. The molecule has 0 aromatic rings. The number of amides is 1. The first-order valence-electron chi connectivity index (χ1n) is 4.43. The maximum absolute atomic E-state index is 10.2. The predicted octanol–water partition coefficient (Wildman–Crippen LogP) is 0.489. The zero-order valence-corrected chi connectivity index (χ0v) is 7.86. The Morgan fingerprint density at radius 3 is 3.21 bits per heavy atom. The van der Waals surface area contributed by atoms with Crippen LogP contribution in [-0.4, -0.2) is 25.9 Å². The fraction of sp³-hybridized carbons (Fsp3) is 0.444. The van der Waals surface area contributed by atoms with Gasteiger partial charge in [-0.05, 0) is 18.6 Å². The summed E-state index contributed by atoms with van der Waals surface area (Å²) in [5, 5.41) is 3.16. The van der Waals surface area contributed by atoms with Gasteiger partial charge in [-0.1, -0.05) is 0 Å². The van der Waals surface area contributed by atoms with Crippen molar-refractivity contribution in [2.75, 3.05) is 19.8 Å². The molecule has 3 N–H and O–H groups in total. The minimum atomic E-state index is -0.727. The first-order valence-corrected chi connectivity index (χ1v) is 4.43. The number of ether oxygens (including phenoxy) is 2. The molecule has 78 valence electrons. The Labute approximate surface area is 82.6 Å². The van der Waals surface area contributed by atoms with Crippen LogP contribution in [0, 0.1) is 0 Å². The zero-order valence-electron chi connectivity index (χ0n) is 7.86. The average Bonchev–Trinajstić information content (AvgIpc) is 2.18.